The van der Waals surface area contributed by atoms with Crippen molar-refractivity contribution in [2.24, 2.45) is 0 Å². The van der Waals surface area contributed by atoms with E-state index < -0.39 is 0 Å². The van der Waals surface area contributed by atoms with Crippen LogP contribution < -0.4 is 10.1 Å². The first-order chi connectivity index (χ1) is 8.33. The molecule has 0 unspecified atom stereocenters. The maximum absolute atomic E-state index is 5.58. The second kappa shape index (κ2) is 5.66. The van der Waals surface area contributed by atoms with Crippen LogP contribution in [0.5, 0.6) is 5.88 Å². The van der Waals surface area contributed by atoms with E-state index in [-0.39, 0.29) is 0 Å². The molecule has 2 rings (SSSR count). The van der Waals surface area contributed by atoms with Crippen LogP contribution in [0.4, 0.5) is 5.82 Å². The van der Waals surface area contributed by atoms with Crippen molar-refractivity contribution in [2.75, 3.05) is 18.5 Å². The first-order valence-electron chi connectivity index (χ1n) is 6.20. The summed E-state index contributed by atoms with van der Waals surface area (Å²) in [5.74, 6) is 2.94. The highest BCUT2D eigenvalue weighted by molar-refractivity contribution is 5.39. The highest BCUT2D eigenvalue weighted by atomic mass is 16.5. The van der Waals surface area contributed by atoms with Gasteiger partial charge in [0.05, 0.1) is 6.61 Å². The highest BCUT2D eigenvalue weighted by Gasteiger charge is 2.27. The van der Waals surface area contributed by atoms with Gasteiger partial charge in [0.2, 0.25) is 5.88 Å². The molecular formula is C13H19N3O. The lowest BCUT2D eigenvalue weighted by Crippen LogP contribution is -2.06. The lowest BCUT2D eigenvalue weighted by molar-refractivity contribution is 0.304. The van der Waals surface area contributed by atoms with Crippen molar-refractivity contribution >= 4 is 5.82 Å². The minimum atomic E-state index is 0.532. The molecule has 1 heterocycles. The third-order valence-corrected chi connectivity index (χ3v) is 2.54. The summed E-state index contributed by atoms with van der Waals surface area (Å²) in [6.45, 7) is 7.16. The van der Waals surface area contributed by atoms with Gasteiger partial charge in [-0.2, -0.15) is 4.98 Å². The van der Waals surface area contributed by atoms with E-state index in [0.717, 1.165) is 18.1 Å². The molecule has 1 saturated carbocycles. The molecule has 0 amide bonds. The molecule has 0 radical (unpaired) electrons. The fourth-order valence-electron chi connectivity index (χ4n) is 1.51. The Labute approximate surface area is 102 Å². The van der Waals surface area contributed by atoms with Crippen molar-refractivity contribution in [1.82, 2.24) is 9.97 Å². The topological polar surface area (TPSA) is 47.0 Å². The van der Waals surface area contributed by atoms with E-state index in [0.29, 0.717) is 24.9 Å². The van der Waals surface area contributed by atoms with Crippen molar-refractivity contribution in [3.8, 4) is 5.88 Å². The minimum Gasteiger partial charge on any atom is -0.478 e. The van der Waals surface area contributed by atoms with E-state index in [1.165, 1.54) is 12.8 Å². The zero-order chi connectivity index (χ0) is 12.1. The summed E-state index contributed by atoms with van der Waals surface area (Å²) < 4.78 is 5.58. The summed E-state index contributed by atoms with van der Waals surface area (Å²) in [6, 6.07) is 1.85. The maximum atomic E-state index is 5.58. The number of aromatic nitrogens is 2. The van der Waals surface area contributed by atoms with Gasteiger partial charge in [-0.25, -0.2) is 4.98 Å². The summed E-state index contributed by atoms with van der Waals surface area (Å²) in [5, 5.41) is 3.19. The second-order valence-corrected chi connectivity index (χ2v) is 4.24. The molecule has 0 aromatic carbocycles. The summed E-state index contributed by atoms with van der Waals surface area (Å²) in [4.78, 5) is 8.93. The standard InChI is InChI=1S/C13H19N3O/c1-3-7-14-11-9-12(17-8-4-2)16-13(15-11)10-5-6-10/h3,9-10H,1,4-8H2,2H3,(H,14,15,16). The van der Waals surface area contributed by atoms with E-state index in [4.69, 9.17) is 4.74 Å². The molecule has 92 valence electrons. The number of hydrogen-bond donors (Lipinski definition) is 1. The fourth-order valence-corrected chi connectivity index (χ4v) is 1.51. The van der Waals surface area contributed by atoms with E-state index in [9.17, 15) is 0 Å². The van der Waals surface area contributed by atoms with Crippen LogP contribution in [-0.4, -0.2) is 23.1 Å². The summed E-state index contributed by atoms with van der Waals surface area (Å²) in [7, 11) is 0. The smallest absolute Gasteiger partial charge is 0.218 e. The van der Waals surface area contributed by atoms with Gasteiger partial charge in [0, 0.05) is 18.5 Å². The predicted molar refractivity (Wildman–Crippen MR) is 68.5 cm³/mol. The molecule has 0 aliphatic heterocycles. The van der Waals surface area contributed by atoms with Crippen molar-refractivity contribution in [1.29, 1.82) is 0 Å². The van der Waals surface area contributed by atoms with Crippen LogP contribution in [0.1, 0.15) is 37.9 Å². The zero-order valence-electron chi connectivity index (χ0n) is 10.3. The average Bonchev–Trinajstić information content (AvgIpc) is 3.18. The van der Waals surface area contributed by atoms with E-state index in [2.05, 4.69) is 28.8 Å². The van der Waals surface area contributed by atoms with Gasteiger partial charge in [-0.15, -0.1) is 6.58 Å². The SMILES string of the molecule is C=CCNc1cc(OCCC)nc(C2CC2)n1. The van der Waals surface area contributed by atoms with Gasteiger partial charge in [0.25, 0.3) is 0 Å². The average molecular weight is 233 g/mol. The van der Waals surface area contributed by atoms with Crippen molar-refractivity contribution in [3.05, 3.63) is 24.5 Å². The molecule has 0 saturated heterocycles. The normalized spacial score (nSPS) is 14.4. The van der Waals surface area contributed by atoms with Gasteiger partial charge < -0.3 is 10.1 Å². The van der Waals surface area contributed by atoms with Crippen LogP contribution in [-0.2, 0) is 0 Å². The molecule has 17 heavy (non-hydrogen) atoms. The third-order valence-electron chi connectivity index (χ3n) is 2.54. The number of ether oxygens (including phenoxy) is 1. The Morgan fingerprint density at radius 2 is 2.35 bits per heavy atom. The number of hydrogen-bond acceptors (Lipinski definition) is 4. The number of nitrogens with zero attached hydrogens (tertiary/aromatic N) is 2. The van der Waals surface area contributed by atoms with E-state index in [1.807, 2.05) is 12.1 Å². The summed E-state index contributed by atoms with van der Waals surface area (Å²) >= 11 is 0. The molecule has 1 aromatic rings. The Balaban J connectivity index is 2.12. The quantitative estimate of drug-likeness (QED) is 0.736. The van der Waals surface area contributed by atoms with Gasteiger partial charge >= 0.3 is 0 Å². The van der Waals surface area contributed by atoms with Crippen LogP contribution in [0.15, 0.2) is 18.7 Å². The van der Waals surface area contributed by atoms with Crippen molar-refractivity contribution in [2.45, 2.75) is 32.1 Å². The minimum absolute atomic E-state index is 0.532. The summed E-state index contributed by atoms with van der Waals surface area (Å²) in [6.07, 6.45) is 5.18. The van der Waals surface area contributed by atoms with Gasteiger partial charge in [0.1, 0.15) is 11.6 Å². The van der Waals surface area contributed by atoms with Crippen LogP contribution in [0.3, 0.4) is 0 Å². The van der Waals surface area contributed by atoms with Gasteiger partial charge in [0.15, 0.2) is 0 Å². The monoisotopic (exact) mass is 233 g/mol. The number of anilines is 1. The van der Waals surface area contributed by atoms with Crippen LogP contribution in [0.25, 0.3) is 0 Å². The first kappa shape index (κ1) is 11.9. The Bertz CT molecular complexity index is 388. The molecule has 1 aromatic heterocycles. The second-order valence-electron chi connectivity index (χ2n) is 4.24. The molecule has 4 nitrogen and oxygen atoms in total. The lowest BCUT2D eigenvalue weighted by Gasteiger charge is -2.09. The molecular weight excluding hydrogens is 214 g/mol. The van der Waals surface area contributed by atoms with Gasteiger partial charge in [-0.1, -0.05) is 13.0 Å². The van der Waals surface area contributed by atoms with Crippen molar-refractivity contribution in [3.63, 3.8) is 0 Å². The molecule has 1 N–H and O–H groups in total. The largest absolute Gasteiger partial charge is 0.478 e. The molecule has 0 bridgehead atoms. The first-order valence-corrected chi connectivity index (χ1v) is 6.20. The van der Waals surface area contributed by atoms with Crippen molar-refractivity contribution < 1.29 is 4.74 Å². The van der Waals surface area contributed by atoms with E-state index in [1.54, 1.807) is 0 Å². The fraction of sp³-hybridized carbons (Fsp3) is 0.538. The highest BCUT2D eigenvalue weighted by Crippen LogP contribution is 2.39. The van der Waals surface area contributed by atoms with Gasteiger partial charge in [-0.05, 0) is 19.3 Å². The Morgan fingerprint density at radius 3 is 3.00 bits per heavy atom. The van der Waals surface area contributed by atoms with E-state index >= 15 is 0 Å². The molecule has 4 heteroatoms. The predicted octanol–water partition coefficient (Wildman–Crippen LogP) is 2.74. The Morgan fingerprint density at radius 1 is 1.53 bits per heavy atom. The number of rotatable bonds is 7. The molecule has 0 spiro atoms. The number of nitrogens with one attached hydrogen (secondary N) is 1. The zero-order valence-corrected chi connectivity index (χ0v) is 10.3. The van der Waals surface area contributed by atoms with Crippen LogP contribution in [0, 0.1) is 0 Å². The summed E-state index contributed by atoms with van der Waals surface area (Å²) in [5.41, 5.74) is 0. The Kier molecular flexibility index (Phi) is 3.96. The Hall–Kier alpha value is -1.58. The lowest BCUT2D eigenvalue weighted by atomic mass is 10.4. The molecule has 1 aliphatic rings. The van der Waals surface area contributed by atoms with Crippen LogP contribution >= 0.6 is 0 Å². The van der Waals surface area contributed by atoms with Crippen LogP contribution in [0.2, 0.25) is 0 Å². The maximum Gasteiger partial charge on any atom is 0.218 e. The van der Waals surface area contributed by atoms with Gasteiger partial charge in [-0.3, -0.25) is 0 Å². The molecule has 1 aliphatic carbocycles. The molecule has 1 fully saturated rings. The molecule has 0 atom stereocenters. The third kappa shape index (κ3) is 3.44.